The van der Waals surface area contributed by atoms with E-state index in [1.807, 2.05) is 0 Å². The number of benzene rings is 2. The lowest BCUT2D eigenvalue weighted by Gasteiger charge is -2.19. The van der Waals surface area contributed by atoms with E-state index in [2.05, 4.69) is 4.99 Å². The molecule has 0 aliphatic carbocycles. The number of amidine groups is 1. The number of amides is 2. The topological polar surface area (TPSA) is 75.8 Å². The normalized spacial score (nSPS) is 15.4. The Morgan fingerprint density at radius 2 is 1.85 bits per heavy atom. The quantitative estimate of drug-likeness (QED) is 0.705. The molecular weight excluding hydrogens is 429 g/mol. The molecule has 9 heteroatoms. The highest BCUT2D eigenvalue weighted by atomic mass is 35.5. The first-order valence-corrected chi connectivity index (χ1v) is 9.74. The van der Waals surface area contributed by atoms with Gasteiger partial charge < -0.3 is 5.73 Å². The van der Waals surface area contributed by atoms with Crippen LogP contribution in [0.15, 0.2) is 53.2 Å². The molecule has 0 fully saturated rings. The summed E-state index contributed by atoms with van der Waals surface area (Å²) < 4.78 is 0. The fourth-order valence-electron chi connectivity index (χ4n) is 2.32. The highest BCUT2D eigenvalue weighted by Gasteiger charge is 2.33. The molecule has 2 aromatic carbocycles. The molecule has 0 bridgehead atoms. The van der Waals surface area contributed by atoms with E-state index in [9.17, 15) is 9.59 Å². The second kappa shape index (κ2) is 8.35. The van der Waals surface area contributed by atoms with Gasteiger partial charge in [-0.25, -0.2) is 4.99 Å². The SMILES string of the molecule is NC(=O)CSC1=N/C(=C\c2ccc(Cl)cc2)C(=O)N1c1cccc(Cl)c1Cl. The van der Waals surface area contributed by atoms with Crippen LogP contribution in [-0.2, 0) is 9.59 Å². The van der Waals surface area contributed by atoms with Gasteiger partial charge in [-0.15, -0.1) is 0 Å². The Bertz CT molecular complexity index is 974. The number of rotatable bonds is 4. The van der Waals surface area contributed by atoms with Crippen molar-refractivity contribution >= 4 is 75.3 Å². The Morgan fingerprint density at radius 1 is 1.15 bits per heavy atom. The summed E-state index contributed by atoms with van der Waals surface area (Å²) in [5, 5.41) is 1.40. The van der Waals surface area contributed by atoms with Gasteiger partial charge in [-0.1, -0.05) is 64.8 Å². The number of carbonyl (C=O) groups is 2. The van der Waals surface area contributed by atoms with Crippen LogP contribution >= 0.6 is 46.6 Å². The van der Waals surface area contributed by atoms with Crippen LogP contribution in [0.1, 0.15) is 5.56 Å². The zero-order valence-corrected chi connectivity index (χ0v) is 16.7. The van der Waals surface area contributed by atoms with Gasteiger partial charge in [0, 0.05) is 5.02 Å². The van der Waals surface area contributed by atoms with E-state index in [1.165, 1.54) is 4.90 Å². The van der Waals surface area contributed by atoms with Gasteiger partial charge in [-0.05, 0) is 35.9 Å². The Balaban J connectivity index is 2.02. The lowest BCUT2D eigenvalue weighted by atomic mass is 10.2. The third-order valence-electron chi connectivity index (χ3n) is 3.52. The van der Waals surface area contributed by atoms with Gasteiger partial charge in [0.05, 0.1) is 21.5 Å². The third-order valence-corrected chi connectivity index (χ3v) is 5.54. The average Bonchev–Trinajstić information content (AvgIpc) is 2.93. The van der Waals surface area contributed by atoms with E-state index in [0.29, 0.717) is 20.9 Å². The highest BCUT2D eigenvalue weighted by Crippen LogP contribution is 2.37. The Labute approximate surface area is 174 Å². The minimum Gasteiger partial charge on any atom is -0.369 e. The zero-order valence-electron chi connectivity index (χ0n) is 13.7. The van der Waals surface area contributed by atoms with Crippen molar-refractivity contribution in [2.75, 3.05) is 10.7 Å². The minimum absolute atomic E-state index is 0.0327. The molecule has 138 valence electrons. The molecule has 27 heavy (non-hydrogen) atoms. The second-order valence-corrected chi connectivity index (χ2v) is 7.61. The summed E-state index contributed by atoms with van der Waals surface area (Å²) >= 11 is 19.3. The predicted molar refractivity (Wildman–Crippen MR) is 112 cm³/mol. The molecule has 0 radical (unpaired) electrons. The Kier molecular flexibility index (Phi) is 6.11. The van der Waals surface area contributed by atoms with E-state index in [1.54, 1.807) is 48.5 Å². The molecule has 1 heterocycles. The summed E-state index contributed by atoms with van der Waals surface area (Å²) in [7, 11) is 0. The van der Waals surface area contributed by atoms with Gasteiger partial charge in [0.1, 0.15) is 5.70 Å². The Morgan fingerprint density at radius 3 is 2.52 bits per heavy atom. The maximum atomic E-state index is 13.0. The molecule has 0 spiro atoms. The van der Waals surface area contributed by atoms with Crippen molar-refractivity contribution in [2.24, 2.45) is 10.7 Å². The predicted octanol–water partition coefficient (Wildman–Crippen LogP) is 4.61. The van der Waals surface area contributed by atoms with E-state index < -0.39 is 5.91 Å². The molecule has 2 aromatic rings. The third kappa shape index (κ3) is 4.47. The minimum atomic E-state index is -0.526. The number of anilines is 1. The van der Waals surface area contributed by atoms with Crippen molar-refractivity contribution in [2.45, 2.75) is 0 Å². The van der Waals surface area contributed by atoms with Crippen molar-refractivity contribution in [3.63, 3.8) is 0 Å². The molecule has 3 rings (SSSR count). The van der Waals surface area contributed by atoms with Crippen molar-refractivity contribution in [3.05, 3.63) is 68.8 Å². The van der Waals surface area contributed by atoms with Crippen LogP contribution in [-0.4, -0.2) is 22.7 Å². The van der Waals surface area contributed by atoms with E-state index >= 15 is 0 Å². The van der Waals surface area contributed by atoms with Gasteiger partial charge >= 0.3 is 0 Å². The maximum Gasteiger partial charge on any atom is 0.283 e. The Hall–Kier alpha value is -1.99. The van der Waals surface area contributed by atoms with E-state index in [-0.39, 0.29) is 22.4 Å². The molecule has 2 amide bonds. The summed E-state index contributed by atoms with van der Waals surface area (Å²) in [6.45, 7) is 0. The number of thioether (sulfide) groups is 1. The molecule has 0 unspecified atom stereocenters. The van der Waals surface area contributed by atoms with E-state index in [4.69, 9.17) is 40.5 Å². The highest BCUT2D eigenvalue weighted by molar-refractivity contribution is 8.14. The number of halogens is 3. The summed E-state index contributed by atoms with van der Waals surface area (Å²) in [6.07, 6.45) is 1.63. The first-order valence-electron chi connectivity index (χ1n) is 7.62. The van der Waals surface area contributed by atoms with Crippen LogP contribution in [0.25, 0.3) is 6.08 Å². The lowest BCUT2D eigenvalue weighted by Crippen LogP contribution is -2.31. The molecule has 5 nitrogen and oxygen atoms in total. The number of primary amides is 1. The smallest absolute Gasteiger partial charge is 0.283 e. The number of hydrogen-bond acceptors (Lipinski definition) is 4. The molecular formula is C18H12Cl3N3O2S. The molecule has 1 aliphatic heterocycles. The summed E-state index contributed by atoms with van der Waals surface area (Å²) in [5.74, 6) is -0.946. The van der Waals surface area contributed by atoms with Crippen LogP contribution in [0.2, 0.25) is 15.1 Å². The van der Waals surface area contributed by atoms with Crippen LogP contribution < -0.4 is 10.6 Å². The monoisotopic (exact) mass is 439 g/mol. The number of nitrogens with zero attached hydrogens (tertiary/aromatic N) is 2. The lowest BCUT2D eigenvalue weighted by molar-refractivity contribution is -0.115. The zero-order chi connectivity index (χ0) is 19.6. The standard InChI is InChI=1S/C18H12Cl3N3O2S/c19-11-6-4-10(5-7-11)8-13-17(26)24(18(23-13)27-9-15(22)25)14-3-1-2-12(20)16(14)21/h1-8H,9H2,(H2,22,25)/b13-8-. The van der Waals surface area contributed by atoms with E-state index in [0.717, 1.165) is 17.3 Å². The van der Waals surface area contributed by atoms with Crippen molar-refractivity contribution in [1.82, 2.24) is 0 Å². The first kappa shape index (κ1) is 19.8. The summed E-state index contributed by atoms with van der Waals surface area (Å²) in [4.78, 5) is 29.8. The maximum absolute atomic E-state index is 13.0. The van der Waals surface area contributed by atoms with Gasteiger partial charge in [-0.3, -0.25) is 14.5 Å². The van der Waals surface area contributed by atoms with Gasteiger partial charge in [0.25, 0.3) is 5.91 Å². The molecule has 1 aliphatic rings. The molecule has 0 aromatic heterocycles. The number of hydrogen-bond donors (Lipinski definition) is 1. The fourth-order valence-corrected chi connectivity index (χ4v) is 3.57. The van der Waals surface area contributed by atoms with Gasteiger partial charge in [0.2, 0.25) is 5.91 Å². The molecule has 0 saturated carbocycles. The first-order chi connectivity index (χ1) is 12.9. The number of nitrogens with two attached hydrogens (primary N) is 1. The summed E-state index contributed by atoms with van der Waals surface area (Å²) in [6, 6.07) is 11.9. The summed E-state index contributed by atoms with van der Waals surface area (Å²) in [5.41, 5.74) is 6.55. The fraction of sp³-hybridized carbons (Fsp3) is 0.0556. The van der Waals surface area contributed by atoms with Gasteiger partial charge in [-0.2, -0.15) is 0 Å². The van der Waals surface area contributed by atoms with Crippen LogP contribution in [0.4, 0.5) is 5.69 Å². The largest absolute Gasteiger partial charge is 0.369 e. The second-order valence-electron chi connectivity index (χ2n) is 5.44. The molecule has 0 atom stereocenters. The molecule has 2 N–H and O–H groups in total. The van der Waals surface area contributed by atoms with Crippen molar-refractivity contribution in [1.29, 1.82) is 0 Å². The van der Waals surface area contributed by atoms with Crippen LogP contribution in [0.5, 0.6) is 0 Å². The van der Waals surface area contributed by atoms with Crippen LogP contribution in [0, 0.1) is 0 Å². The number of aliphatic imine (C=N–C) groups is 1. The molecule has 0 saturated heterocycles. The van der Waals surface area contributed by atoms with Crippen molar-refractivity contribution in [3.8, 4) is 0 Å². The van der Waals surface area contributed by atoms with Crippen molar-refractivity contribution < 1.29 is 9.59 Å². The van der Waals surface area contributed by atoms with Crippen LogP contribution in [0.3, 0.4) is 0 Å². The average molecular weight is 441 g/mol. The number of carbonyl (C=O) groups excluding carboxylic acids is 2. The van der Waals surface area contributed by atoms with Gasteiger partial charge in [0.15, 0.2) is 5.17 Å².